The second-order valence-electron chi connectivity index (χ2n) is 4.99. The first-order valence-corrected chi connectivity index (χ1v) is 7.61. The minimum atomic E-state index is 0.604. The van der Waals surface area contributed by atoms with Crippen molar-refractivity contribution in [1.29, 1.82) is 0 Å². The van der Waals surface area contributed by atoms with Crippen molar-refractivity contribution >= 4 is 16.3 Å². The van der Waals surface area contributed by atoms with Gasteiger partial charge in [-0.1, -0.05) is 16.5 Å². The highest BCUT2D eigenvalue weighted by Gasteiger charge is 2.16. The van der Waals surface area contributed by atoms with Crippen molar-refractivity contribution in [1.82, 2.24) is 34.7 Å². The molecular formula is C13H13N7OS. The number of hydrogen-bond donors (Lipinski definition) is 0. The van der Waals surface area contributed by atoms with Crippen molar-refractivity contribution in [2.45, 2.75) is 26.8 Å². The fraction of sp³-hybridized carbons (Fsp3) is 0.308. The molecule has 8 nitrogen and oxygen atoms in total. The molecule has 9 heteroatoms. The monoisotopic (exact) mass is 315 g/mol. The summed E-state index contributed by atoms with van der Waals surface area (Å²) in [6.07, 6.45) is 4.27. The Labute approximate surface area is 129 Å². The highest BCUT2D eigenvalue weighted by Crippen LogP contribution is 2.19. The molecule has 0 saturated carbocycles. The van der Waals surface area contributed by atoms with E-state index < -0.39 is 0 Å². The van der Waals surface area contributed by atoms with Crippen molar-refractivity contribution in [3.63, 3.8) is 0 Å². The normalized spacial score (nSPS) is 11.5. The van der Waals surface area contributed by atoms with Crippen molar-refractivity contribution < 1.29 is 4.52 Å². The van der Waals surface area contributed by atoms with E-state index in [0.29, 0.717) is 13.0 Å². The van der Waals surface area contributed by atoms with Crippen LogP contribution in [0.1, 0.15) is 27.8 Å². The zero-order valence-electron chi connectivity index (χ0n) is 12.1. The largest absolute Gasteiger partial charge is 0.361 e. The summed E-state index contributed by atoms with van der Waals surface area (Å²) in [4.78, 5) is 0.781. The zero-order chi connectivity index (χ0) is 15.1. The van der Waals surface area contributed by atoms with E-state index in [9.17, 15) is 0 Å². The van der Waals surface area contributed by atoms with Crippen LogP contribution in [0.3, 0.4) is 0 Å². The Morgan fingerprint density at radius 1 is 1.27 bits per heavy atom. The lowest BCUT2D eigenvalue weighted by Crippen LogP contribution is -2.03. The Morgan fingerprint density at radius 3 is 2.91 bits per heavy atom. The maximum absolute atomic E-state index is 5.19. The topological polar surface area (TPSA) is 86.9 Å². The van der Waals surface area contributed by atoms with Gasteiger partial charge in [0.05, 0.1) is 12.2 Å². The molecule has 0 spiro atoms. The van der Waals surface area contributed by atoms with Crippen LogP contribution in [0.25, 0.3) is 4.96 Å². The van der Waals surface area contributed by atoms with Crippen LogP contribution in [0.4, 0.5) is 0 Å². The number of nitrogens with zero attached hydrogens (tertiary/aromatic N) is 7. The van der Waals surface area contributed by atoms with Crippen LogP contribution in [0.5, 0.6) is 0 Å². The summed E-state index contributed by atoms with van der Waals surface area (Å²) in [5, 5.41) is 22.1. The van der Waals surface area contributed by atoms with Crippen LogP contribution < -0.4 is 0 Å². The molecule has 4 rings (SSSR count). The number of fused-ring (bicyclic) bond motifs is 1. The Bertz CT molecular complexity index is 898. The third-order valence-electron chi connectivity index (χ3n) is 3.47. The molecule has 0 fully saturated rings. The van der Waals surface area contributed by atoms with Gasteiger partial charge in [-0.25, -0.2) is 0 Å². The van der Waals surface area contributed by atoms with Gasteiger partial charge in [0.15, 0.2) is 5.82 Å². The van der Waals surface area contributed by atoms with Gasteiger partial charge in [-0.2, -0.15) is 14.7 Å². The summed E-state index contributed by atoms with van der Waals surface area (Å²) in [5.41, 5.74) is 1.91. The Hall–Kier alpha value is -2.55. The number of hydrogen-bond acceptors (Lipinski definition) is 7. The molecule has 4 aromatic heterocycles. The van der Waals surface area contributed by atoms with E-state index in [0.717, 1.165) is 32.8 Å². The van der Waals surface area contributed by atoms with E-state index in [-0.39, 0.29) is 0 Å². The zero-order valence-corrected chi connectivity index (χ0v) is 12.9. The molecule has 0 aliphatic rings. The molecule has 22 heavy (non-hydrogen) atoms. The van der Waals surface area contributed by atoms with Gasteiger partial charge in [0.25, 0.3) is 0 Å². The van der Waals surface area contributed by atoms with Gasteiger partial charge < -0.3 is 4.52 Å². The SMILES string of the molecule is Cc1noc(C)c1Cc1nnc2sc(Cn3cccn3)nn12. The lowest BCUT2D eigenvalue weighted by Gasteiger charge is -1.97. The molecule has 0 amide bonds. The average Bonchev–Trinajstić information content (AvgIpc) is 3.24. The van der Waals surface area contributed by atoms with Gasteiger partial charge in [-0.15, -0.1) is 10.2 Å². The highest BCUT2D eigenvalue weighted by atomic mass is 32.1. The molecule has 112 valence electrons. The number of aromatic nitrogens is 7. The Morgan fingerprint density at radius 2 is 2.18 bits per heavy atom. The van der Waals surface area contributed by atoms with Crippen molar-refractivity contribution in [2.24, 2.45) is 0 Å². The van der Waals surface area contributed by atoms with E-state index in [1.54, 1.807) is 10.7 Å². The molecule has 0 aliphatic carbocycles. The molecule has 0 unspecified atom stereocenters. The lowest BCUT2D eigenvalue weighted by molar-refractivity contribution is 0.392. The van der Waals surface area contributed by atoms with Gasteiger partial charge in [0.2, 0.25) is 4.96 Å². The molecule has 0 radical (unpaired) electrons. The molecule has 0 atom stereocenters. The lowest BCUT2D eigenvalue weighted by atomic mass is 10.1. The van der Waals surface area contributed by atoms with Crippen LogP contribution in [-0.4, -0.2) is 34.7 Å². The predicted octanol–water partition coefficient (Wildman–Crippen LogP) is 1.63. The van der Waals surface area contributed by atoms with Crippen molar-refractivity contribution in [2.75, 3.05) is 0 Å². The standard InChI is InChI=1S/C13H13N7OS/c1-8-10(9(2)21-18-8)6-11-15-16-13-20(11)17-12(22-13)7-19-5-3-4-14-19/h3-5H,6-7H2,1-2H3. The maximum atomic E-state index is 5.19. The summed E-state index contributed by atoms with van der Waals surface area (Å²) < 4.78 is 8.81. The highest BCUT2D eigenvalue weighted by molar-refractivity contribution is 7.16. The summed E-state index contributed by atoms with van der Waals surface area (Å²) in [6.45, 7) is 4.46. The smallest absolute Gasteiger partial charge is 0.234 e. The van der Waals surface area contributed by atoms with Crippen LogP contribution in [0.2, 0.25) is 0 Å². The van der Waals surface area contributed by atoms with Gasteiger partial charge in [0.1, 0.15) is 10.8 Å². The van der Waals surface area contributed by atoms with E-state index in [1.807, 2.05) is 30.8 Å². The maximum Gasteiger partial charge on any atom is 0.234 e. The Kier molecular flexibility index (Phi) is 3.00. The first-order valence-electron chi connectivity index (χ1n) is 6.80. The third-order valence-corrected chi connectivity index (χ3v) is 4.35. The van der Waals surface area contributed by atoms with E-state index in [4.69, 9.17) is 4.52 Å². The summed E-state index contributed by atoms with van der Waals surface area (Å²) in [6, 6.07) is 1.89. The molecule has 0 N–H and O–H groups in total. The van der Waals surface area contributed by atoms with Crippen LogP contribution >= 0.6 is 11.3 Å². The first kappa shape index (κ1) is 13.1. The van der Waals surface area contributed by atoms with Crippen LogP contribution in [0.15, 0.2) is 23.0 Å². The third kappa shape index (κ3) is 2.19. The minimum Gasteiger partial charge on any atom is -0.361 e. The van der Waals surface area contributed by atoms with Crippen LogP contribution in [-0.2, 0) is 13.0 Å². The molecule has 0 aromatic carbocycles. The minimum absolute atomic E-state index is 0.604. The average molecular weight is 315 g/mol. The predicted molar refractivity (Wildman–Crippen MR) is 78.8 cm³/mol. The van der Waals surface area contributed by atoms with Gasteiger partial charge in [-0.05, 0) is 19.9 Å². The summed E-state index contributed by atoms with van der Waals surface area (Å²) in [5.74, 6) is 1.59. The Balaban J connectivity index is 1.66. The quantitative estimate of drug-likeness (QED) is 0.569. The van der Waals surface area contributed by atoms with E-state index in [2.05, 4.69) is 25.6 Å². The van der Waals surface area contributed by atoms with Gasteiger partial charge in [-0.3, -0.25) is 4.68 Å². The molecule has 0 bridgehead atoms. The fourth-order valence-corrected chi connectivity index (χ4v) is 3.16. The van der Waals surface area contributed by atoms with Gasteiger partial charge in [0, 0.05) is 24.4 Å². The number of aryl methyl sites for hydroxylation is 2. The number of rotatable bonds is 4. The molecular weight excluding hydrogens is 302 g/mol. The second-order valence-corrected chi connectivity index (χ2v) is 6.03. The van der Waals surface area contributed by atoms with E-state index in [1.165, 1.54) is 11.3 Å². The van der Waals surface area contributed by atoms with Crippen molar-refractivity contribution in [3.05, 3.63) is 46.3 Å². The summed E-state index contributed by atoms with van der Waals surface area (Å²) >= 11 is 1.52. The summed E-state index contributed by atoms with van der Waals surface area (Å²) in [7, 11) is 0. The van der Waals surface area contributed by atoms with Gasteiger partial charge >= 0.3 is 0 Å². The first-order chi connectivity index (χ1) is 10.7. The van der Waals surface area contributed by atoms with Crippen molar-refractivity contribution in [3.8, 4) is 0 Å². The van der Waals surface area contributed by atoms with Crippen LogP contribution in [0, 0.1) is 13.8 Å². The molecule has 4 aromatic rings. The molecule has 0 saturated heterocycles. The fourth-order valence-electron chi connectivity index (χ4n) is 2.32. The molecule has 4 heterocycles. The second kappa shape index (κ2) is 5.02. The van der Waals surface area contributed by atoms with E-state index >= 15 is 0 Å². The molecule has 0 aliphatic heterocycles.